The highest BCUT2D eigenvalue weighted by Crippen LogP contribution is 2.37. The van der Waals surface area contributed by atoms with Crippen molar-refractivity contribution >= 4 is 26.5 Å². The van der Waals surface area contributed by atoms with Crippen molar-refractivity contribution in [3.8, 4) is 22.8 Å². The Balaban J connectivity index is 0.000000427. The molecule has 0 aliphatic carbocycles. The van der Waals surface area contributed by atoms with E-state index < -0.39 is 8.32 Å². The third-order valence-electron chi connectivity index (χ3n) is 9.28. The van der Waals surface area contributed by atoms with Gasteiger partial charge in [0.05, 0.1) is 36.9 Å². The van der Waals surface area contributed by atoms with Crippen LogP contribution in [0.3, 0.4) is 0 Å². The Morgan fingerprint density at radius 3 is 1.87 bits per heavy atom. The molecule has 60 heavy (non-hydrogen) atoms. The van der Waals surface area contributed by atoms with Crippen LogP contribution in [0.1, 0.15) is 102 Å². The van der Waals surface area contributed by atoms with Crippen LogP contribution in [0.4, 0.5) is 0 Å². The first-order chi connectivity index (χ1) is 27.8. The molecule has 5 rings (SSSR count). The maximum atomic E-state index is 12.3. The molecule has 0 saturated heterocycles. The van der Waals surface area contributed by atoms with Gasteiger partial charge in [-0.15, -0.1) is 12.4 Å². The van der Waals surface area contributed by atoms with E-state index in [2.05, 4.69) is 92.1 Å². The molecule has 0 aromatic carbocycles. The van der Waals surface area contributed by atoms with Crippen molar-refractivity contribution in [1.29, 1.82) is 0 Å². The van der Waals surface area contributed by atoms with E-state index in [1.807, 2.05) is 96.9 Å². The molecule has 0 spiro atoms. The van der Waals surface area contributed by atoms with Gasteiger partial charge in [-0.3, -0.25) is 40.4 Å². The zero-order valence-corrected chi connectivity index (χ0v) is 39.6. The van der Waals surface area contributed by atoms with Gasteiger partial charge in [-0.25, -0.2) is 0 Å². The minimum atomic E-state index is -1.85. The zero-order chi connectivity index (χ0) is 44.3. The van der Waals surface area contributed by atoms with Crippen LogP contribution >= 0.6 is 12.4 Å². The smallest absolute Gasteiger partial charge is 0.205 e. The Hall–Kier alpha value is -4.61. The lowest BCUT2D eigenvalue weighted by molar-refractivity contribution is 0.103. The van der Waals surface area contributed by atoms with Gasteiger partial charge in [0.1, 0.15) is 11.4 Å². The predicted octanol–water partition coefficient (Wildman–Crippen LogP) is 8.18. The fraction of sp³-hybridized carbons (Fsp3) is 0.455. The molecular formula is C44H69ClN10O4Si. The van der Waals surface area contributed by atoms with E-state index in [0.29, 0.717) is 24.4 Å². The molecule has 0 aliphatic heterocycles. The van der Waals surface area contributed by atoms with E-state index in [9.17, 15) is 15.0 Å². The Morgan fingerprint density at radius 2 is 1.38 bits per heavy atom. The molecule has 330 valence electrons. The van der Waals surface area contributed by atoms with Crippen LogP contribution in [0.15, 0.2) is 91.8 Å². The normalized spacial score (nSPS) is 11.3. The number of carbonyl (C=O) groups excluding carboxylic acids is 1. The number of allylic oxidation sites excluding steroid dienone is 1. The zero-order valence-electron chi connectivity index (χ0n) is 37.8. The van der Waals surface area contributed by atoms with Crippen molar-refractivity contribution in [2.75, 3.05) is 14.1 Å². The number of hydrazine groups is 1. The number of ketones is 1. The van der Waals surface area contributed by atoms with Crippen LogP contribution in [0.2, 0.25) is 18.1 Å². The number of nitrogens with one attached hydrogen (secondary N) is 1. The van der Waals surface area contributed by atoms with Gasteiger partial charge in [0.25, 0.3) is 0 Å². The SMILES string of the molecule is CC(C)NN.CC(C)n1ccc(-c2ncccc2CO)n1.CC(C)n1nccc1-c1ncccc1CO.CN(C)/C=C/C(=O)c1ncccc1CO[Si](C)(C)C(C)(C)C.Cl. The first-order valence-corrected chi connectivity index (χ1v) is 22.8. The number of nitrogens with zero attached hydrogens (tertiary/aromatic N) is 8. The topological polar surface area (TPSA) is 182 Å². The van der Waals surface area contributed by atoms with Crippen molar-refractivity contribution in [2.24, 2.45) is 5.84 Å². The lowest BCUT2D eigenvalue weighted by atomic mass is 10.1. The van der Waals surface area contributed by atoms with Gasteiger partial charge in [-0.05, 0) is 90.0 Å². The maximum Gasteiger partial charge on any atom is 0.205 e. The number of hydrogen-bond acceptors (Lipinski definition) is 12. The fourth-order valence-electron chi connectivity index (χ4n) is 4.81. The van der Waals surface area contributed by atoms with Crippen molar-refractivity contribution in [3.05, 3.63) is 114 Å². The Kier molecular flexibility index (Phi) is 23.0. The number of aliphatic hydroxyl groups excluding tert-OH is 2. The molecule has 0 amide bonds. The number of nitrogens with two attached hydrogens (primary N) is 1. The van der Waals surface area contributed by atoms with E-state index in [0.717, 1.165) is 39.5 Å². The summed E-state index contributed by atoms with van der Waals surface area (Å²) in [4.78, 5) is 26.9. The summed E-state index contributed by atoms with van der Waals surface area (Å²) in [5.41, 5.74) is 8.78. The minimum absolute atomic E-state index is 0. The molecule has 0 saturated carbocycles. The summed E-state index contributed by atoms with van der Waals surface area (Å²) in [6, 6.07) is 16.0. The largest absolute Gasteiger partial charge is 0.412 e. The summed E-state index contributed by atoms with van der Waals surface area (Å²) < 4.78 is 9.99. The Bertz CT molecular complexity index is 2020. The minimum Gasteiger partial charge on any atom is -0.412 e. The van der Waals surface area contributed by atoms with Crippen molar-refractivity contribution < 1.29 is 19.4 Å². The van der Waals surface area contributed by atoms with Crippen LogP contribution in [0, 0.1) is 0 Å². The maximum absolute atomic E-state index is 12.3. The summed E-state index contributed by atoms with van der Waals surface area (Å²) in [7, 11) is 1.91. The fourth-order valence-corrected chi connectivity index (χ4v) is 5.76. The number of aliphatic hydroxyl groups is 2. The highest BCUT2D eigenvalue weighted by Gasteiger charge is 2.37. The van der Waals surface area contributed by atoms with Crippen LogP contribution in [0.5, 0.6) is 0 Å². The number of pyridine rings is 3. The monoisotopic (exact) mass is 864 g/mol. The average Bonchev–Trinajstić information content (AvgIpc) is 3.91. The second-order valence-electron chi connectivity index (χ2n) is 16.4. The quantitative estimate of drug-likeness (QED) is 0.0293. The molecule has 16 heteroatoms. The first-order valence-electron chi connectivity index (χ1n) is 19.9. The molecule has 5 heterocycles. The second kappa shape index (κ2) is 25.9. The van der Waals surface area contributed by atoms with Crippen LogP contribution in [-0.4, -0.2) is 83.9 Å². The van der Waals surface area contributed by atoms with Gasteiger partial charge in [-0.1, -0.05) is 39.0 Å². The summed E-state index contributed by atoms with van der Waals surface area (Å²) in [6.07, 6.45) is 12.0. The first kappa shape index (κ1) is 53.4. The standard InChI is InChI=1S/C17H28N2O2Si.2C12H15N3O.C3H10N2.ClH/c1-17(2,3)22(6,7)21-13-14-9-8-11-18-16(14)15(20)10-12-19(4)5;1-9(2)15-7-5-11(14-15)12-10(8-16)4-3-6-13-12;1-9(2)15-11(5-7-14-15)12-10(8-16)4-3-6-13-12;1-3(2)5-4;/h8-12H,13H2,1-7H3;2*3-7,9,16H,8H2,1-2H3;3,5H,4H2,1-2H3;1H/b12-10+;;;;. The lowest BCUT2D eigenvalue weighted by Gasteiger charge is -2.36. The number of hydrogen-bond donors (Lipinski definition) is 4. The summed E-state index contributed by atoms with van der Waals surface area (Å²) in [5, 5.41) is 27.3. The molecule has 0 unspecified atom stereocenters. The Morgan fingerprint density at radius 1 is 0.850 bits per heavy atom. The second-order valence-corrected chi connectivity index (χ2v) is 21.2. The number of rotatable bonds is 13. The van der Waals surface area contributed by atoms with Crippen LogP contribution in [-0.2, 0) is 24.2 Å². The highest BCUT2D eigenvalue weighted by atomic mass is 35.5. The van der Waals surface area contributed by atoms with Crippen molar-refractivity contribution in [1.82, 2.24) is 44.8 Å². The number of aromatic nitrogens is 7. The summed E-state index contributed by atoms with van der Waals surface area (Å²) in [6.45, 7) is 23.7. The molecule has 0 aliphatic rings. The molecule has 5 aromatic rings. The summed E-state index contributed by atoms with van der Waals surface area (Å²) >= 11 is 0. The van der Waals surface area contributed by atoms with Crippen molar-refractivity contribution in [2.45, 2.75) is 118 Å². The van der Waals surface area contributed by atoms with Gasteiger partial charge in [-0.2, -0.15) is 10.2 Å². The highest BCUT2D eigenvalue weighted by molar-refractivity contribution is 6.74. The molecule has 0 radical (unpaired) electrons. The van der Waals surface area contributed by atoms with E-state index in [-0.39, 0.29) is 42.5 Å². The third-order valence-corrected chi connectivity index (χ3v) is 13.8. The van der Waals surface area contributed by atoms with Crippen molar-refractivity contribution in [3.63, 3.8) is 0 Å². The molecule has 5 N–H and O–H groups in total. The average molecular weight is 866 g/mol. The van der Waals surface area contributed by atoms with E-state index in [1.165, 1.54) is 6.08 Å². The third kappa shape index (κ3) is 16.8. The molecular weight excluding hydrogens is 796 g/mol. The van der Waals surface area contributed by atoms with E-state index in [4.69, 9.17) is 10.3 Å². The summed E-state index contributed by atoms with van der Waals surface area (Å²) in [5.74, 6) is 4.83. The number of halogens is 1. The van der Waals surface area contributed by atoms with Crippen LogP contribution < -0.4 is 11.3 Å². The van der Waals surface area contributed by atoms with Crippen LogP contribution in [0.25, 0.3) is 22.8 Å². The van der Waals surface area contributed by atoms with E-state index in [1.54, 1.807) is 31.0 Å². The molecule has 0 fully saturated rings. The Labute approximate surface area is 364 Å². The van der Waals surface area contributed by atoms with Gasteiger partial charge in [0, 0.05) is 92.2 Å². The van der Waals surface area contributed by atoms with E-state index >= 15 is 0 Å². The molecule has 14 nitrogen and oxygen atoms in total. The predicted molar refractivity (Wildman–Crippen MR) is 247 cm³/mol. The lowest BCUT2D eigenvalue weighted by Crippen LogP contribution is -2.40. The van der Waals surface area contributed by atoms with Gasteiger partial charge >= 0.3 is 0 Å². The number of carbonyl (C=O) groups is 1. The molecule has 0 bridgehead atoms. The van der Waals surface area contributed by atoms with Gasteiger partial charge < -0.3 is 19.5 Å². The molecule has 0 atom stereocenters. The van der Waals surface area contributed by atoms with Gasteiger partial charge in [0.2, 0.25) is 5.78 Å². The van der Waals surface area contributed by atoms with Gasteiger partial charge in [0.15, 0.2) is 8.32 Å². The molecule has 5 aromatic heterocycles.